The van der Waals surface area contributed by atoms with Gasteiger partial charge >= 0.3 is 0 Å². The number of methoxy groups -OCH3 is 1. The molecule has 0 unspecified atom stereocenters. The minimum Gasteiger partial charge on any atom is -0.494 e. The molecule has 10 heteroatoms. The Morgan fingerprint density at radius 1 is 1.39 bits per heavy atom. The van der Waals surface area contributed by atoms with Gasteiger partial charge < -0.3 is 20.5 Å². The third-order valence-corrected chi connectivity index (χ3v) is 5.42. The zero-order valence-electron chi connectivity index (χ0n) is 15.8. The summed E-state index contributed by atoms with van der Waals surface area (Å²) in [5, 5.41) is 15.1. The highest BCUT2D eigenvalue weighted by Crippen LogP contribution is 2.40. The van der Waals surface area contributed by atoms with E-state index in [4.69, 9.17) is 15.2 Å². The summed E-state index contributed by atoms with van der Waals surface area (Å²) >= 11 is 0. The fourth-order valence-electron chi connectivity index (χ4n) is 3.44. The summed E-state index contributed by atoms with van der Waals surface area (Å²) < 4.78 is 12.6. The maximum Gasteiger partial charge on any atom is 0.232 e. The van der Waals surface area contributed by atoms with Gasteiger partial charge in [0.25, 0.3) is 0 Å². The van der Waals surface area contributed by atoms with Crippen molar-refractivity contribution in [3.05, 3.63) is 24.0 Å². The topological polar surface area (TPSA) is 117 Å². The average Bonchev–Trinajstić information content (AvgIpc) is 3.44. The van der Waals surface area contributed by atoms with Crippen molar-refractivity contribution in [3.8, 4) is 11.4 Å². The molecule has 2 fully saturated rings. The lowest BCUT2D eigenvalue weighted by molar-refractivity contribution is -0.130. The molecule has 1 saturated heterocycles. The second-order valence-corrected chi connectivity index (χ2v) is 7.16. The Hall–Kier alpha value is -2.23. The number of nitrogens with two attached hydrogens (primary N) is 1. The van der Waals surface area contributed by atoms with Gasteiger partial charge in [-0.05, 0) is 54.3 Å². The maximum atomic E-state index is 12.9. The monoisotopic (exact) mass is 408 g/mol. The molecule has 4 rings (SSSR count). The fraction of sp³-hybridized carbons (Fsp3) is 0.556. The van der Waals surface area contributed by atoms with Crippen LogP contribution in [0, 0.1) is 5.41 Å². The van der Waals surface area contributed by atoms with E-state index in [0.717, 1.165) is 18.7 Å². The predicted molar refractivity (Wildman–Crippen MR) is 105 cm³/mol. The number of amides is 1. The van der Waals surface area contributed by atoms with E-state index in [1.807, 2.05) is 18.2 Å². The van der Waals surface area contributed by atoms with E-state index in [1.165, 1.54) is 0 Å². The van der Waals surface area contributed by atoms with Crippen molar-refractivity contribution in [2.75, 3.05) is 32.2 Å². The molecule has 9 nitrogen and oxygen atoms in total. The maximum absolute atomic E-state index is 12.9. The first kappa shape index (κ1) is 20.5. The van der Waals surface area contributed by atoms with Crippen LogP contribution >= 0.6 is 12.4 Å². The highest BCUT2D eigenvalue weighted by Gasteiger charge is 2.39. The van der Waals surface area contributed by atoms with Crippen LogP contribution in [0.1, 0.15) is 37.4 Å². The number of halogens is 1. The zero-order chi connectivity index (χ0) is 18.9. The Kier molecular flexibility index (Phi) is 6.17. The van der Waals surface area contributed by atoms with Crippen LogP contribution in [0.25, 0.3) is 5.69 Å². The van der Waals surface area contributed by atoms with Crippen molar-refractivity contribution in [1.82, 2.24) is 20.2 Å². The summed E-state index contributed by atoms with van der Waals surface area (Å²) in [6.45, 7) is 1.39. The quantitative estimate of drug-likeness (QED) is 0.746. The highest BCUT2D eigenvalue weighted by molar-refractivity contribution is 5.96. The number of hydrogen-bond acceptors (Lipinski definition) is 7. The first-order valence-corrected chi connectivity index (χ1v) is 9.23. The molecule has 2 aromatic rings. The number of carbonyl (C=O) groups is 1. The molecule has 1 aliphatic carbocycles. The summed E-state index contributed by atoms with van der Waals surface area (Å²) in [5.41, 5.74) is 6.71. The minimum absolute atomic E-state index is 0. The van der Waals surface area contributed by atoms with Crippen molar-refractivity contribution in [1.29, 1.82) is 0 Å². The normalized spacial score (nSPS) is 18.2. The van der Waals surface area contributed by atoms with Crippen molar-refractivity contribution in [2.45, 2.75) is 31.6 Å². The van der Waals surface area contributed by atoms with Crippen LogP contribution in [0.2, 0.25) is 0 Å². The third-order valence-electron chi connectivity index (χ3n) is 5.42. The molecule has 0 spiro atoms. The summed E-state index contributed by atoms with van der Waals surface area (Å²) in [7, 11) is 1.60. The molecule has 0 bridgehead atoms. The number of nitrogens with zero attached hydrogens (tertiary/aromatic N) is 4. The average molecular weight is 409 g/mol. The Morgan fingerprint density at radius 2 is 2.14 bits per heavy atom. The molecule has 152 valence electrons. The largest absolute Gasteiger partial charge is 0.494 e. The van der Waals surface area contributed by atoms with Gasteiger partial charge in [-0.3, -0.25) is 4.79 Å². The number of aromatic nitrogens is 4. The van der Waals surface area contributed by atoms with Gasteiger partial charge in [0.2, 0.25) is 5.91 Å². The number of tetrazole rings is 1. The van der Waals surface area contributed by atoms with E-state index >= 15 is 0 Å². The Morgan fingerprint density at radius 3 is 2.79 bits per heavy atom. The number of nitrogens with one attached hydrogen (secondary N) is 1. The molecule has 2 heterocycles. The Labute approximate surface area is 169 Å². The minimum atomic E-state index is -0.591. The lowest BCUT2D eigenvalue weighted by atomic mass is 9.79. The molecule has 1 amide bonds. The van der Waals surface area contributed by atoms with Crippen LogP contribution in [0.3, 0.4) is 0 Å². The van der Waals surface area contributed by atoms with Gasteiger partial charge in [0.1, 0.15) is 11.4 Å². The number of hydrogen-bond donors (Lipinski definition) is 2. The lowest BCUT2D eigenvalue weighted by Crippen LogP contribution is -2.46. The van der Waals surface area contributed by atoms with Crippen molar-refractivity contribution >= 4 is 24.0 Å². The fourth-order valence-corrected chi connectivity index (χ4v) is 3.44. The predicted octanol–water partition coefficient (Wildman–Crippen LogP) is 1.66. The molecule has 2 aliphatic rings. The van der Waals surface area contributed by atoms with Crippen LogP contribution in [-0.4, -0.2) is 53.0 Å². The van der Waals surface area contributed by atoms with Crippen LogP contribution < -0.4 is 15.8 Å². The molecule has 1 aromatic heterocycles. The zero-order valence-corrected chi connectivity index (χ0v) is 16.6. The van der Waals surface area contributed by atoms with Gasteiger partial charge in [-0.15, -0.1) is 17.5 Å². The van der Waals surface area contributed by atoms with Gasteiger partial charge in [-0.25, -0.2) is 0 Å². The van der Waals surface area contributed by atoms with Crippen molar-refractivity contribution < 1.29 is 14.3 Å². The SMILES string of the molecule is COc1ccc(NC(=O)C2(CN)CCOCC2)cc1-n1nnnc1C1CC1.Cl. The van der Waals surface area contributed by atoms with Crippen LogP contribution in [0.15, 0.2) is 18.2 Å². The highest BCUT2D eigenvalue weighted by atomic mass is 35.5. The van der Waals surface area contributed by atoms with E-state index in [2.05, 4.69) is 20.8 Å². The summed E-state index contributed by atoms with van der Waals surface area (Å²) in [5.74, 6) is 1.76. The Bertz CT molecular complexity index is 832. The molecule has 0 atom stereocenters. The molecule has 3 N–H and O–H groups in total. The number of ether oxygens (including phenoxy) is 2. The second-order valence-electron chi connectivity index (χ2n) is 7.16. The first-order chi connectivity index (χ1) is 13.2. The Balaban J connectivity index is 0.00000225. The van der Waals surface area contributed by atoms with E-state index < -0.39 is 5.41 Å². The summed E-state index contributed by atoms with van der Waals surface area (Å²) in [6, 6.07) is 5.45. The number of anilines is 1. The van der Waals surface area contributed by atoms with Crippen LogP contribution in [-0.2, 0) is 9.53 Å². The van der Waals surface area contributed by atoms with Crippen LogP contribution in [0.5, 0.6) is 5.75 Å². The van der Waals surface area contributed by atoms with Gasteiger partial charge in [-0.1, -0.05) is 0 Å². The van der Waals surface area contributed by atoms with Crippen molar-refractivity contribution in [3.63, 3.8) is 0 Å². The number of benzene rings is 1. The number of carbonyl (C=O) groups excluding carboxylic acids is 1. The molecule has 0 radical (unpaired) electrons. The third kappa shape index (κ3) is 3.82. The van der Waals surface area contributed by atoms with Gasteiger partial charge in [0.05, 0.1) is 12.5 Å². The molecule has 1 saturated carbocycles. The molecule has 28 heavy (non-hydrogen) atoms. The molecular formula is C18H25ClN6O3. The molecule has 1 aliphatic heterocycles. The van der Waals surface area contributed by atoms with E-state index in [-0.39, 0.29) is 18.3 Å². The lowest BCUT2D eigenvalue weighted by Gasteiger charge is -2.34. The summed E-state index contributed by atoms with van der Waals surface area (Å²) in [4.78, 5) is 12.9. The summed E-state index contributed by atoms with van der Waals surface area (Å²) in [6.07, 6.45) is 3.41. The molecule has 1 aromatic carbocycles. The standard InChI is InChI=1S/C18H24N6O3.ClH/c1-26-15-5-4-13(20-17(25)18(11-19)6-8-27-9-7-18)10-14(15)24-16(12-2-3-12)21-22-23-24;/h4-5,10,12H,2-3,6-9,11,19H2,1H3,(H,20,25);1H. The van der Waals surface area contributed by atoms with Gasteiger partial charge in [0, 0.05) is 31.4 Å². The molecular weight excluding hydrogens is 384 g/mol. The first-order valence-electron chi connectivity index (χ1n) is 9.23. The van der Waals surface area contributed by atoms with Crippen LogP contribution in [0.4, 0.5) is 5.69 Å². The van der Waals surface area contributed by atoms with E-state index in [9.17, 15) is 4.79 Å². The van der Waals surface area contributed by atoms with Gasteiger partial charge in [-0.2, -0.15) is 4.68 Å². The van der Waals surface area contributed by atoms with Crippen molar-refractivity contribution in [2.24, 2.45) is 11.1 Å². The number of rotatable bonds is 6. The van der Waals surface area contributed by atoms with E-state index in [0.29, 0.717) is 55.6 Å². The smallest absolute Gasteiger partial charge is 0.232 e. The second kappa shape index (κ2) is 8.42. The van der Waals surface area contributed by atoms with Gasteiger partial charge in [0.15, 0.2) is 5.82 Å². The van der Waals surface area contributed by atoms with E-state index in [1.54, 1.807) is 11.8 Å².